The van der Waals surface area contributed by atoms with Crippen LogP contribution in [0.5, 0.6) is 0 Å². The van der Waals surface area contributed by atoms with Crippen LogP contribution in [-0.4, -0.2) is 22.2 Å². The molecule has 2 nitrogen and oxygen atoms in total. The first-order chi connectivity index (χ1) is 6.56. The molecule has 1 aromatic carbocycles. The molecule has 0 spiro atoms. The number of hydrogen-bond donors (Lipinski definition) is 2. The summed E-state index contributed by atoms with van der Waals surface area (Å²) in [4.78, 5) is 0. The number of halogens is 3. The smallest absolute Gasteiger partial charge is 0.130 e. The number of aliphatic hydroxyl groups is 2. The Morgan fingerprint density at radius 1 is 1.36 bits per heavy atom. The van der Waals surface area contributed by atoms with E-state index in [9.17, 15) is 14.6 Å². The van der Waals surface area contributed by atoms with Crippen molar-refractivity contribution in [3.05, 3.63) is 34.6 Å². The third-order valence-corrected chi connectivity index (χ3v) is 2.35. The Bertz CT molecular complexity index is 320. The third kappa shape index (κ3) is 2.58. The number of hydrogen-bond acceptors (Lipinski definition) is 2. The maximum absolute atomic E-state index is 13.2. The minimum absolute atomic E-state index is 0.0115. The zero-order valence-electron chi connectivity index (χ0n) is 7.12. The zero-order chi connectivity index (χ0) is 10.7. The fourth-order valence-electron chi connectivity index (χ4n) is 1.03. The summed E-state index contributed by atoms with van der Waals surface area (Å²) in [5.74, 6) is -0.822. The van der Waals surface area contributed by atoms with Gasteiger partial charge in [-0.1, -0.05) is 17.7 Å². The van der Waals surface area contributed by atoms with Crippen molar-refractivity contribution >= 4 is 23.2 Å². The lowest BCUT2D eigenvalue weighted by Gasteiger charge is -2.16. The number of benzene rings is 1. The molecule has 5 heteroatoms. The Kier molecular flexibility index (Phi) is 4.13. The van der Waals surface area contributed by atoms with E-state index in [4.69, 9.17) is 23.2 Å². The number of alkyl halides is 1. The molecule has 2 N–H and O–H groups in total. The molecular formula is C9H9Cl2FO2. The summed E-state index contributed by atoms with van der Waals surface area (Å²) in [7, 11) is 0. The van der Waals surface area contributed by atoms with Gasteiger partial charge in [-0.25, -0.2) is 4.39 Å². The van der Waals surface area contributed by atoms with E-state index < -0.39 is 18.0 Å². The minimum atomic E-state index is -1.33. The topological polar surface area (TPSA) is 40.5 Å². The van der Waals surface area contributed by atoms with Crippen LogP contribution in [0.25, 0.3) is 0 Å². The van der Waals surface area contributed by atoms with E-state index in [2.05, 4.69) is 0 Å². The van der Waals surface area contributed by atoms with Crippen molar-refractivity contribution in [1.29, 1.82) is 0 Å². The van der Waals surface area contributed by atoms with E-state index >= 15 is 0 Å². The predicted molar refractivity (Wildman–Crippen MR) is 53.1 cm³/mol. The molecule has 0 saturated heterocycles. The van der Waals surface area contributed by atoms with Crippen molar-refractivity contribution in [2.24, 2.45) is 0 Å². The lowest BCUT2D eigenvalue weighted by atomic mass is 10.1. The first-order valence-electron chi connectivity index (χ1n) is 3.93. The van der Waals surface area contributed by atoms with Crippen LogP contribution in [0, 0.1) is 5.82 Å². The molecule has 0 aromatic heterocycles. The maximum atomic E-state index is 13.2. The van der Waals surface area contributed by atoms with Crippen molar-refractivity contribution in [2.45, 2.75) is 12.2 Å². The van der Waals surface area contributed by atoms with E-state index in [1.807, 2.05) is 0 Å². The summed E-state index contributed by atoms with van der Waals surface area (Å²) in [6, 6.07) is 3.82. The van der Waals surface area contributed by atoms with Crippen LogP contribution in [0.1, 0.15) is 11.7 Å². The van der Waals surface area contributed by atoms with Crippen molar-refractivity contribution in [2.75, 3.05) is 5.88 Å². The van der Waals surface area contributed by atoms with Crippen LogP contribution in [0.2, 0.25) is 5.02 Å². The SMILES string of the molecule is OC(CCl)C(O)c1ccc(Cl)cc1F. The summed E-state index contributed by atoms with van der Waals surface area (Å²) >= 11 is 10.8. The van der Waals surface area contributed by atoms with Crippen LogP contribution in [0.15, 0.2) is 18.2 Å². The largest absolute Gasteiger partial charge is 0.389 e. The Morgan fingerprint density at radius 3 is 2.50 bits per heavy atom. The fraction of sp³-hybridized carbons (Fsp3) is 0.333. The standard InChI is InChI=1S/C9H9Cl2FO2/c10-4-8(13)9(14)6-2-1-5(11)3-7(6)12/h1-3,8-9,13-14H,4H2. The molecule has 0 radical (unpaired) electrons. The Morgan fingerprint density at radius 2 is 2.00 bits per heavy atom. The lowest BCUT2D eigenvalue weighted by Crippen LogP contribution is -2.20. The molecule has 0 amide bonds. The van der Waals surface area contributed by atoms with Crippen LogP contribution >= 0.6 is 23.2 Å². The van der Waals surface area contributed by atoms with Gasteiger partial charge in [0.15, 0.2) is 0 Å². The Balaban J connectivity index is 2.95. The summed E-state index contributed by atoms with van der Waals surface area (Å²) < 4.78 is 13.2. The normalized spacial score (nSPS) is 15.2. The Labute approximate surface area is 90.9 Å². The van der Waals surface area contributed by atoms with Crippen LogP contribution < -0.4 is 0 Å². The average molecular weight is 239 g/mol. The van der Waals surface area contributed by atoms with Gasteiger partial charge in [-0.2, -0.15) is 0 Å². The van der Waals surface area contributed by atoms with Crippen molar-refractivity contribution < 1.29 is 14.6 Å². The zero-order valence-corrected chi connectivity index (χ0v) is 8.63. The van der Waals surface area contributed by atoms with Gasteiger partial charge >= 0.3 is 0 Å². The monoisotopic (exact) mass is 238 g/mol. The van der Waals surface area contributed by atoms with Crippen molar-refractivity contribution in [3.8, 4) is 0 Å². The van der Waals surface area contributed by atoms with E-state index in [1.54, 1.807) is 0 Å². The molecule has 0 fully saturated rings. The van der Waals surface area contributed by atoms with Gasteiger partial charge in [-0.15, -0.1) is 11.6 Å². The second kappa shape index (κ2) is 4.94. The molecule has 1 rings (SSSR count). The molecule has 0 aliphatic carbocycles. The van der Waals surface area contributed by atoms with Crippen LogP contribution in [0.4, 0.5) is 4.39 Å². The highest BCUT2D eigenvalue weighted by Gasteiger charge is 2.20. The Hall–Kier alpha value is -0.350. The van der Waals surface area contributed by atoms with Gasteiger partial charge in [0.1, 0.15) is 11.9 Å². The molecule has 2 atom stereocenters. The van der Waals surface area contributed by atoms with E-state index in [1.165, 1.54) is 12.1 Å². The molecule has 78 valence electrons. The summed E-state index contributed by atoms with van der Waals surface area (Å²) in [5.41, 5.74) is -0.0115. The third-order valence-electron chi connectivity index (χ3n) is 1.80. The van der Waals surface area contributed by atoms with Gasteiger partial charge in [-0.3, -0.25) is 0 Å². The molecule has 2 unspecified atom stereocenters. The first-order valence-corrected chi connectivity index (χ1v) is 4.84. The second-order valence-electron chi connectivity index (χ2n) is 2.83. The predicted octanol–water partition coefficient (Wildman–Crippen LogP) is 2.11. The van der Waals surface area contributed by atoms with Gasteiger partial charge < -0.3 is 10.2 Å². The highest BCUT2D eigenvalue weighted by Crippen LogP contribution is 2.23. The van der Waals surface area contributed by atoms with Gasteiger partial charge in [0.25, 0.3) is 0 Å². The lowest BCUT2D eigenvalue weighted by molar-refractivity contribution is 0.0305. The molecule has 0 aliphatic heterocycles. The van der Waals surface area contributed by atoms with Gasteiger partial charge in [0, 0.05) is 10.6 Å². The summed E-state index contributed by atoms with van der Waals surface area (Å²) in [6.45, 7) is 0. The number of aliphatic hydroxyl groups excluding tert-OH is 2. The molecule has 0 heterocycles. The van der Waals surface area contributed by atoms with Gasteiger partial charge in [0.05, 0.1) is 12.0 Å². The molecule has 14 heavy (non-hydrogen) atoms. The summed E-state index contributed by atoms with van der Waals surface area (Å²) in [5, 5.41) is 18.9. The van der Waals surface area contributed by atoms with Crippen molar-refractivity contribution in [1.82, 2.24) is 0 Å². The first kappa shape index (κ1) is 11.7. The fourth-order valence-corrected chi connectivity index (χ4v) is 1.36. The quantitative estimate of drug-likeness (QED) is 0.793. The van der Waals surface area contributed by atoms with Gasteiger partial charge in [0.2, 0.25) is 0 Å². The molecule has 0 aliphatic rings. The minimum Gasteiger partial charge on any atom is -0.389 e. The molecular weight excluding hydrogens is 230 g/mol. The second-order valence-corrected chi connectivity index (χ2v) is 3.58. The highest BCUT2D eigenvalue weighted by atomic mass is 35.5. The van der Waals surface area contributed by atoms with Gasteiger partial charge in [-0.05, 0) is 12.1 Å². The van der Waals surface area contributed by atoms with E-state index in [0.29, 0.717) is 0 Å². The summed E-state index contributed by atoms with van der Waals surface area (Å²) in [6.07, 6.45) is -2.52. The average Bonchev–Trinajstić information content (AvgIpc) is 2.15. The van der Waals surface area contributed by atoms with Crippen LogP contribution in [-0.2, 0) is 0 Å². The van der Waals surface area contributed by atoms with E-state index in [0.717, 1.165) is 6.07 Å². The van der Waals surface area contributed by atoms with Crippen molar-refractivity contribution in [3.63, 3.8) is 0 Å². The number of rotatable bonds is 3. The van der Waals surface area contributed by atoms with E-state index in [-0.39, 0.29) is 16.5 Å². The maximum Gasteiger partial charge on any atom is 0.130 e. The molecule has 1 aromatic rings. The molecule has 0 saturated carbocycles. The highest BCUT2D eigenvalue weighted by molar-refractivity contribution is 6.30. The van der Waals surface area contributed by atoms with Crippen LogP contribution in [0.3, 0.4) is 0 Å². The molecule has 0 bridgehead atoms.